The molecule has 3 amide bonds. The molecular weight excluding hydrogens is 573 g/mol. The lowest BCUT2D eigenvalue weighted by molar-refractivity contribution is -0.120. The molecule has 4 aromatic rings. The fourth-order valence-electron chi connectivity index (χ4n) is 3.98. The zero-order chi connectivity index (χ0) is 28.2. The molecule has 5 rings (SSSR count). The summed E-state index contributed by atoms with van der Waals surface area (Å²) >= 11 is 18.3. The van der Waals surface area contributed by atoms with E-state index in [2.05, 4.69) is 10.6 Å². The predicted molar refractivity (Wildman–Crippen MR) is 157 cm³/mol. The first-order valence-corrected chi connectivity index (χ1v) is 13.1. The fraction of sp³-hybridized carbons (Fsp3) is 0.0333. The Balaban J connectivity index is 1.24. The lowest BCUT2D eigenvalue weighted by Gasteiger charge is -2.16. The second kappa shape index (κ2) is 11.8. The second-order valence-electron chi connectivity index (χ2n) is 8.72. The van der Waals surface area contributed by atoms with E-state index in [1.54, 1.807) is 48.5 Å². The van der Waals surface area contributed by atoms with E-state index >= 15 is 0 Å². The molecule has 7 nitrogen and oxygen atoms in total. The van der Waals surface area contributed by atoms with Crippen LogP contribution < -0.4 is 20.3 Å². The normalized spacial score (nSPS) is 13.0. The Morgan fingerprint density at radius 2 is 1.45 bits per heavy atom. The molecule has 1 aliphatic heterocycles. The third kappa shape index (κ3) is 6.13. The number of rotatable bonds is 8. The van der Waals surface area contributed by atoms with E-state index in [0.717, 1.165) is 10.5 Å². The van der Waals surface area contributed by atoms with Crippen LogP contribution in [0, 0.1) is 0 Å². The molecule has 200 valence electrons. The van der Waals surface area contributed by atoms with Crippen LogP contribution >= 0.6 is 34.8 Å². The van der Waals surface area contributed by atoms with Crippen molar-refractivity contribution in [2.45, 2.75) is 6.61 Å². The summed E-state index contributed by atoms with van der Waals surface area (Å²) in [6, 6.07) is 27.6. The van der Waals surface area contributed by atoms with Gasteiger partial charge in [0, 0.05) is 27.0 Å². The van der Waals surface area contributed by atoms with E-state index < -0.39 is 11.8 Å². The van der Waals surface area contributed by atoms with E-state index in [1.165, 1.54) is 18.2 Å². The Bertz CT molecular complexity index is 1620. The van der Waals surface area contributed by atoms with Gasteiger partial charge in [-0.3, -0.25) is 14.4 Å². The summed E-state index contributed by atoms with van der Waals surface area (Å²) in [5.41, 5.74) is 2.39. The zero-order valence-corrected chi connectivity index (χ0v) is 22.9. The molecule has 0 atom stereocenters. The standard InChI is InChI=1S/C30H20Cl3N3O4/c31-20-14-21(32)16-24(15-20)36-29(38)26(33)27(30(36)39)34-23-8-4-7-19(13-23)28(37)35-22-9-11-25(12-10-22)40-17-18-5-2-1-3-6-18/h1-16,34H,17H2,(H,35,37). The summed E-state index contributed by atoms with van der Waals surface area (Å²) in [5.74, 6) is -1.11. The quantitative estimate of drug-likeness (QED) is 0.210. The molecular formula is C30H20Cl3N3O4. The maximum Gasteiger partial charge on any atom is 0.283 e. The highest BCUT2D eigenvalue weighted by molar-refractivity contribution is 6.53. The molecule has 0 bridgehead atoms. The lowest BCUT2D eigenvalue weighted by atomic mass is 10.1. The Hall–Kier alpha value is -4.30. The number of amides is 3. The van der Waals surface area contributed by atoms with Gasteiger partial charge in [0.05, 0.1) is 5.69 Å². The van der Waals surface area contributed by atoms with E-state index in [0.29, 0.717) is 29.3 Å². The first-order chi connectivity index (χ1) is 19.3. The van der Waals surface area contributed by atoms with Crippen LogP contribution in [0.15, 0.2) is 108 Å². The maximum atomic E-state index is 13.1. The summed E-state index contributed by atoms with van der Waals surface area (Å²) < 4.78 is 5.78. The Morgan fingerprint density at radius 1 is 0.750 bits per heavy atom. The van der Waals surface area contributed by atoms with E-state index in [1.807, 2.05) is 30.3 Å². The highest BCUT2D eigenvalue weighted by atomic mass is 35.5. The van der Waals surface area contributed by atoms with Gasteiger partial charge < -0.3 is 15.4 Å². The van der Waals surface area contributed by atoms with Gasteiger partial charge in [0.15, 0.2) is 0 Å². The van der Waals surface area contributed by atoms with Crippen LogP contribution in [0.4, 0.5) is 17.1 Å². The van der Waals surface area contributed by atoms with Gasteiger partial charge in [-0.1, -0.05) is 71.2 Å². The number of benzene rings is 4. The minimum absolute atomic E-state index is 0.133. The lowest BCUT2D eigenvalue weighted by Crippen LogP contribution is -2.32. The summed E-state index contributed by atoms with van der Waals surface area (Å²) in [4.78, 5) is 39.7. The molecule has 0 saturated carbocycles. The number of anilines is 3. The second-order valence-corrected chi connectivity index (χ2v) is 9.97. The van der Waals surface area contributed by atoms with Gasteiger partial charge >= 0.3 is 0 Å². The van der Waals surface area contributed by atoms with Crippen molar-refractivity contribution in [1.29, 1.82) is 0 Å². The predicted octanol–water partition coefficient (Wildman–Crippen LogP) is 7.26. The maximum absolute atomic E-state index is 13.1. The van der Waals surface area contributed by atoms with Crippen molar-refractivity contribution in [1.82, 2.24) is 0 Å². The highest BCUT2D eigenvalue weighted by Crippen LogP contribution is 2.33. The Morgan fingerprint density at radius 3 is 2.15 bits per heavy atom. The summed E-state index contributed by atoms with van der Waals surface area (Å²) in [5, 5.41) is 5.91. The van der Waals surface area contributed by atoms with Crippen molar-refractivity contribution in [3.05, 3.63) is 129 Å². The molecule has 0 aliphatic carbocycles. The number of imide groups is 1. The highest BCUT2D eigenvalue weighted by Gasteiger charge is 2.39. The van der Waals surface area contributed by atoms with Gasteiger partial charge in [-0.2, -0.15) is 0 Å². The number of nitrogens with one attached hydrogen (secondary N) is 2. The monoisotopic (exact) mass is 591 g/mol. The number of carbonyl (C=O) groups is 3. The van der Waals surface area contributed by atoms with Crippen molar-refractivity contribution in [2.24, 2.45) is 0 Å². The molecule has 1 aliphatic rings. The minimum Gasteiger partial charge on any atom is -0.489 e. The largest absolute Gasteiger partial charge is 0.489 e. The van der Waals surface area contributed by atoms with Gasteiger partial charge in [0.2, 0.25) is 0 Å². The molecule has 0 saturated heterocycles. The van der Waals surface area contributed by atoms with Crippen LogP contribution in [-0.4, -0.2) is 17.7 Å². The number of halogens is 3. The Labute approximate surface area is 244 Å². The molecule has 40 heavy (non-hydrogen) atoms. The van der Waals surface area contributed by atoms with Crippen molar-refractivity contribution in [3.8, 4) is 5.75 Å². The minimum atomic E-state index is -0.724. The van der Waals surface area contributed by atoms with Crippen LogP contribution in [0.1, 0.15) is 15.9 Å². The number of ether oxygens (including phenoxy) is 1. The smallest absolute Gasteiger partial charge is 0.283 e. The molecule has 1 heterocycles. The first kappa shape index (κ1) is 27.3. The summed E-state index contributed by atoms with van der Waals surface area (Å²) in [6.07, 6.45) is 0. The number of hydrogen-bond acceptors (Lipinski definition) is 5. The summed E-state index contributed by atoms with van der Waals surface area (Å²) in [7, 11) is 0. The van der Waals surface area contributed by atoms with Crippen molar-refractivity contribution < 1.29 is 19.1 Å². The third-order valence-electron chi connectivity index (χ3n) is 5.89. The van der Waals surface area contributed by atoms with Crippen molar-refractivity contribution in [2.75, 3.05) is 15.5 Å². The van der Waals surface area contributed by atoms with Gasteiger partial charge in [-0.15, -0.1) is 0 Å². The van der Waals surface area contributed by atoms with Gasteiger partial charge in [-0.05, 0) is 66.2 Å². The molecule has 0 fully saturated rings. The van der Waals surface area contributed by atoms with E-state index in [4.69, 9.17) is 39.5 Å². The molecule has 0 spiro atoms. The van der Waals surface area contributed by atoms with Crippen LogP contribution in [0.3, 0.4) is 0 Å². The SMILES string of the molecule is O=C(Nc1ccc(OCc2ccccc2)cc1)c1cccc(NC2=C(Cl)C(=O)N(c3cc(Cl)cc(Cl)c3)C2=O)c1. The van der Waals surface area contributed by atoms with Crippen molar-refractivity contribution in [3.63, 3.8) is 0 Å². The number of nitrogens with zero attached hydrogens (tertiary/aromatic N) is 1. The average molecular weight is 593 g/mol. The molecule has 4 aromatic carbocycles. The van der Waals surface area contributed by atoms with Crippen molar-refractivity contribution >= 4 is 69.6 Å². The van der Waals surface area contributed by atoms with E-state index in [9.17, 15) is 14.4 Å². The fourth-order valence-corrected chi connectivity index (χ4v) is 4.70. The molecule has 10 heteroatoms. The number of carbonyl (C=O) groups excluding carboxylic acids is 3. The third-order valence-corrected chi connectivity index (χ3v) is 6.67. The van der Waals surface area contributed by atoms with Gasteiger partial charge in [0.1, 0.15) is 23.1 Å². The van der Waals surface area contributed by atoms with Crippen LogP contribution in [0.5, 0.6) is 5.75 Å². The zero-order valence-electron chi connectivity index (χ0n) is 20.7. The Kier molecular flexibility index (Phi) is 8.07. The molecule has 0 unspecified atom stereocenters. The topological polar surface area (TPSA) is 87.7 Å². The molecule has 0 aromatic heterocycles. The van der Waals surface area contributed by atoms with Crippen LogP contribution in [0.2, 0.25) is 10.0 Å². The average Bonchev–Trinajstić information content (AvgIpc) is 3.15. The van der Waals surface area contributed by atoms with Crippen LogP contribution in [-0.2, 0) is 16.2 Å². The molecule has 2 N–H and O–H groups in total. The van der Waals surface area contributed by atoms with Crippen LogP contribution in [0.25, 0.3) is 0 Å². The number of hydrogen-bond donors (Lipinski definition) is 2. The van der Waals surface area contributed by atoms with Gasteiger partial charge in [-0.25, -0.2) is 4.90 Å². The van der Waals surface area contributed by atoms with Gasteiger partial charge in [0.25, 0.3) is 17.7 Å². The summed E-state index contributed by atoms with van der Waals surface area (Å²) in [6.45, 7) is 0.436. The van der Waals surface area contributed by atoms with E-state index in [-0.39, 0.29) is 32.4 Å². The molecule has 0 radical (unpaired) electrons. The first-order valence-electron chi connectivity index (χ1n) is 12.0.